The highest BCUT2D eigenvalue weighted by atomic mass is 32.2. The highest BCUT2D eigenvalue weighted by molar-refractivity contribution is 7.87. The molecule has 0 spiro atoms. The van der Waals surface area contributed by atoms with Crippen LogP contribution in [0.4, 0.5) is 13.2 Å². The van der Waals surface area contributed by atoms with Crippen molar-refractivity contribution in [3.05, 3.63) is 89.7 Å². The predicted octanol–water partition coefficient (Wildman–Crippen LogP) is 3.95. The zero-order valence-electron chi connectivity index (χ0n) is 17.0. The van der Waals surface area contributed by atoms with Crippen LogP contribution in [-0.4, -0.2) is 25.5 Å². The standard InChI is InChI=1S/C22H18F3N3O4S/c23-22(24,25)18-8-10-19(11-9-18)33(30,31)32-20-6-2-1-5-17(20)15-27-28-21(29)12-7-16-4-3-13-26-14-16/h1-6,8-11,13-15H,7,12H2,(H,28,29). The molecule has 3 rings (SSSR count). The van der Waals surface area contributed by atoms with Crippen LogP contribution in [0.1, 0.15) is 23.1 Å². The van der Waals surface area contributed by atoms with Crippen LogP contribution in [0.25, 0.3) is 0 Å². The SMILES string of the molecule is O=C(CCc1cccnc1)NN=Cc1ccccc1OS(=O)(=O)c1ccc(C(F)(F)F)cc1. The summed E-state index contributed by atoms with van der Waals surface area (Å²) in [6.07, 6.45) is 0.546. The van der Waals surface area contributed by atoms with Gasteiger partial charge < -0.3 is 4.18 Å². The average molecular weight is 477 g/mol. The number of nitrogens with zero attached hydrogens (tertiary/aromatic N) is 2. The minimum absolute atomic E-state index is 0.106. The van der Waals surface area contributed by atoms with Gasteiger partial charge in [-0.2, -0.15) is 26.7 Å². The number of aromatic nitrogens is 1. The zero-order valence-corrected chi connectivity index (χ0v) is 17.8. The smallest absolute Gasteiger partial charge is 0.378 e. The molecule has 3 aromatic rings. The second-order valence-corrected chi connectivity index (χ2v) is 8.30. The molecule has 0 unspecified atom stereocenters. The number of rotatable bonds is 8. The molecular weight excluding hydrogens is 459 g/mol. The minimum Gasteiger partial charge on any atom is -0.378 e. The molecule has 1 heterocycles. The fourth-order valence-corrected chi connectivity index (χ4v) is 3.63. The summed E-state index contributed by atoms with van der Waals surface area (Å²) in [5, 5.41) is 3.82. The molecule has 172 valence electrons. The summed E-state index contributed by atoms with van der Waals surface area (Å²) in [4.78, 5) is 15.5. The first-order chi connectivity index (χ1) is 15.6. The van der Waals surface area contributed by atoms with Crippen LogP contribution >= 0.6 is 0 Å². The van der Waals surface area contributed by atoms with E-state index in [9.17, 15) is 26.4 Å². The van der Waals surface area contributed by atoms with Gasteiger partial charge in [-0.25, -0.2) is 5.43 Å². The van der Waals surface area contributed by atoms with Gasteiger partial charge in [-0.3, -0.25) is 9.78 Å². The molecule has 1 amide bonds. The Labute approximate surface area is 188 Å². The lowest BCUT2D eigenvalue weighted by Gasteiger charge is -2.11. The summed E-state index contributed by atoms with van der Waals surface area (Å²) in [5.74, 6) is -0.461. The maximum Gasteiger partial charge on any atom is 0.416 e. The van der Waals surface area contributed by atoms with Gasteiger partial charge in [-0.05, 0) is 54.4 Å². The van der Waals surface area contributed by atoms with E-state index in [1.807, 2.05) is 6.07 Å². The zero-order chi connectivity index (χ0) is 23.9. The van der Waals surface area contributed by atoms with Gasteiger partial charge in [0.1, 0.15) is 4.90 Å². The van der Waals surface area contributed by atoms with Crippen molar-refractivity contribution in [2.24, 2.45) is 5.10 Å². The number of benzene rings is 2. The lowest BCUT2D eigenvalue weighted by atomic mass is 10.1. The molecule has 1 N–H and O–H groups in total. The number of pyridine rings is 1. The summed E-state index contributed by atoms with van der Waals surface area (Å²) < 4.78 is 68.2. The first kappa shape index (κ1) is 23.9. The van der Waals surface area contributed by atoms with Crippen LogP contribution in [0.2, 0.25) is 0 Å². The van der Waals surface area contributed by atoms with E-state index in [1.54, 1.807) is 24.5 Å². The van der Waals surface area contributed by atoms with Crippen molar-refractivity contribution in [3.8, 4) is 5.75 Å². The molecule has 2 aromatic carbocycles. The number of amides is 1. The molecule has 7 nitrogen and oxygen atoms in total. The minimum atomic E-state index is -4.59. The quantitative estimate of drug-likeness (QED) is 0.301. The Bertz CT molecular complexity index is 1230. The summed E-state index contributed by atoms with van der Waals surface area (Å²) >= 11 is 0. The van der Waals surface area contributed by atoms with Crippen molar-refractivity contribution in [2.45, 2.75) is 23.9 Å². The second kappa shape index (κ2) is 10.3. The molecule has 0 aliphatic rings. The topological polar surface area (TPSA) is 97.7 Å². The van der Waals surface area contributed by atoms with E-state index in [0.29, 0.717) is 18.6 Å². The summed E-state index contributed by atoms with van der Waals surface area (Å²) in [7, 11) is -4.40. The summed E-state index contributed by atoms with van der Waals surface area (Å²) in [5.41, 5.74) is 2.49. The molecule has 0 radical (unpaired) electrons. The van der Waals surface area contributed by atoms with E-state index in [-0.39, 0.29) is 23.6 Å². The van der Waals surface area contributed by atoms with Gasteiger partial charge in [0.05, 0.1) is 11.8 Å². The van der Waals surface area contributed by atoms with Crippen LogP contribution in [0.3, 0.4) is 0 Å². The molecule has 0 aliphatic carbocycles. The Kier molecular flexibility index (Phi) is 7.44. The maximum atomic E-state index is 12.7. The Hall–Kier alpha value is -3.73. The van der Waals surface area contributed by atoms with Gasteiger partial charge in [0.15, 0.2) is 5.75 Å². The lowest BCUT2D eigenvalue weighted by Crippen LogP contribution is -2.18. The maximum absolute atomic E-state index is 12.7. The number of hydrogen-bond acceptors (Lipinski definition) is 6. The molecule has 0 saturated carbocycles. The van der Waals surface area contributed by atoms with Gasteiger partial charge in [-0.15, -0.1) is 0 Å². The number of aryl methyl sites for hydroxylation is 1. The molecule has 0 bridgehead atoms. The number of carbonyl (C=O) groups is 1. The van der Waals surface area contributed by atoms with E-state index in [1.165, 1.54) is 24.4 Å². The van der Waals surface area contributed by atoms with Crippen molar-refractivity contribution < 1.29 is 30.6 Å². The van der Waals surface area contributed by atoms with Crippen LogP contribution in [0.5, 0.6) is 5.75 Å². The van der Waals surface area contributed by atoms with Crippen LogP contribution in [0, 0.1) is 0 Å². The highest BCUT2D eigenvalue weighted by Crippen LogP contribution is 2.30. The Morgan fingerprint density at radius 3 is 2.45 bits per heavy atom. The van der Waals surface area contributed by atoms with E-state index < -0.39 is 26.8 Å². The molecule has 0 atom stereocenters. The third kappa shape index (κ3) is 6.88. The fraction of sp³-hybridized carbons (Fsp3) is 0.136. The van der Waals surface area contributed by atoms with Crippen molar-refractivity contribution in [1.82, 2.24) is 10.4 Å². The normalized spacial score (nSPS) is 12.0. The number of carbonyl (C=O) groups excluding carboxylic acids is 1. The number of para-hydroxylation sites is 1. The fourth-order valence-electron chi connectivity index (χ4n) is 2.67. The van der Waals surface area contributed by atoms with Crippen molar-refractivity contribution in [2.75, 3.05) is 0 Å². The van der Waals surface area contributed by atoms with Gasteiger partial charge >= 0.3 is 16.3 Å². The van der Waals surface area contributed by atoms with E-state index in [2.05, 4.69) is 15.5 Å². The van der Waals surface area contributed by atoms with Crippen LogP contribution in [0.15, 0.2) is 83.1 Å². The molecule has 0 aliphatic heterocycles. The summed E-state index contributed by atoms with van der Waals surface area (Å²) in [6, 6.07) is 12.5. The van der Waals surface area contributed by atoms with Gasteiger partial charge in [0.25, 0.3) is 0 Å². The van der Waals surface area contributed by atoms with Crippen LogP contribution in [-0.2, 0) is 27.5 Å². The summed E-state index contributed by atoms with van der Waals surface area (Å²) in [6.45, 7) is 0. The third-order valence-corrected chi connectivity index (χ3v) is 5.59. The van der Waals surface area contributed by atoms with Crippen LogP contribution < -0.4 is 9.61 Å². The number of halogens is 3. The number of hydrazone groups is 1. The highest BCUT2D eigenvalue weighted by Gasteiger charge is 2.31. The Balaban J connectivity index is 1.65. The molecule has 1 aromatic heterocycles. The van der Waals surface area contributed by atoms with E-state index in [0.717, 1.165) is 17.7 Å². The van der Waals surface area contributed by atoms with Crippen molar-refractivity contribution in [1.29, 1.82) is 0 Å². The first-order valence-corrected chi connectivity index (χ1v) is 11.0. The second-order valence-electron chi connectivity index (χ2n) is 6.75. The third-order valence-electron chi connectivity index (χ3n) is 4.35. The van der Waals surface area contributed by atoms with E-state index >= 15 is 0 Å². The first-order valence-electron chi connectivity index (χ1n) is 9.57. The Morgan fingerprint density at radius 2 is 1.79 bits per heavy atom. The molecule has 11 heteroatoms. The molecular formula is C22H18F3N3O4S. The average Bonchev–Trinajstić information content (AvgIpc) is 2.79. The van der Waals surface area contributed by atoms with Crippen molar-refractivity contribution >= 4 is 22.2 Å². The number of alkyl halides is 3. The van der Waals surface area contributed by atoms with E-state index in [4.69, 9.17) is 4.18 Å². The van der Waals surface area contributed by atoms with Gasteiger partial charge in [0.2, 0.25) is 5.91 Å². The van der Waals surface area contributed by atoms with Crippen molar-refractivity contribution in [3.63, 3.8) is 0 Å². The number of nitrogens with one attached hydrogen (secondary N) is 1. The molecule has 0 fully saturated rings. The largest absolute Gasteiger partial charge is 0.416 e. The monoisotopic (exact) mass is 477 g/mol. The number of hydrogen-bond donors (Lipinski definition) is 1. The lowest BCUT2D eigenvalue weighted by molar-refractivity contribution is -0.137. The Morgan fingerprint density at radius 1 is 1.06 bits per heavy atom. The predicted molar refractivity (Wildman–Crippen MR) is 114 cm³/mol. The molecule has 33 heavy (non-hydrogen) atoms. The van der Waals surface area contributed by atoms with Gasteiger partial charge in [-0.1, -0.05) is 18.2 Å². The molecule has 0 saturated heterocycles. The van der Waals surface area contributed by atoms with Gasteiger partial charge in [0, 0.05) is 24.4 Å².